The van der Waals surface area contributed by atoms with Crippen LogP contribution in [-0.4, -0.2) is 30.7 Å². The summed E-state index contributed by atoms with van der Waals surface area (Å²) < 4.78 is 0. The molecule has 1 aliphatic heterocycles. The van der Waals surface area contributed by atoms with Gasteiger partial charge in [-0.05, 0) is 56.0 Å². The van der Waals surface area contributed by atoms with Gasteiger partial charge < -0.3 is 15.7 Å². The lowest BCUT2D eigenvalue weighted by Gasteiger charge is -2.21. The molecule has 1 saturated heterocycles. The highest BCUT2D eigenvalue weighted by Crippen LogP contribution is 2.17. The zero-order valence-corrected chi connectivity index (χ0v) is 11.2. The molecular weight excluding hydrogens is 240 g/mol. The SMILES string of the molecule is O=C(CC1CCNCC1)Nc1ccc(CCO)cc1. The molecule has 0 radical (unpaired) electrons. The van der Waals surface area contributed by atoms with Crippen LogP contribution in [0.4, 0.5) is 5.69 Å². The maximum atomic E-state index is 11.9. The van der Waals surface area contributed by atoms with Gasteiger partial charge in [0.05, 0.1) is 0 Å². The molecule has 1 aromatic rings. The fraction of sp³-hybridized carbons (Fsp3) is 0.533. The van der Waals surface area contributed by atoms with E-state index < -0.39 is 0 Å². The number of aliphatic hydroxyl groups is 1. The topological polar surface area (TPSA) is 61.4 Å². The van der Waals surface area contributed by atoms with E-state index in [0.717, 1.165) is 37.2 Å². The molecule has 0 aromatic heterocycles. The van der Waals surface area contributed by atoms with E-state index in [0.29, 0.717) is 18.8 Å². The number of carbonyl (C=O) groups is 1. The maximum Gasteiger partial charge on any atom is 0.224 e. The first kappa shape index (κ1) is 14.0. The number of rotatable bonds is 5. The number of piperidine rings is 1. The van der Waals surface area contributed by atoms with Crippen LogP contribution in [0, 0.1) is 5.92 Å². The first-order valence-electron chi connectivity index (χ1n) is 6.98. The molecule has 0 unspecified atom stereocenters. The second-order valence-corrected chi connectivity index (χ2v) is 5.12. The molecule has 0 bridgehead atoms. The van der Waals surface area contributed by atoms with Crippen molar-refractivity contribution < 1.29 is 9.90 Å². The zero-order chi connectivity index (χ0) is 13.5. The van der Waals surface area contributed by atoms with E-state index in [-0.39, 0.29) is 12.5 Å². The highest BCUT2D eigenvalue weighted by atomic mass is 16.2. The first-order chi connectivity index (χ1) is 9.28. The monoisotopic (exact) mass is 262 g/mol. The average Bonchev–Trinajstić information content (AvgIpc) is 2.42. The Bertz CT molecular complexity index is 397. The van der Waals surface area contributed by atoms with Crippen LogP contribution in [0.2, 0.25) is 0 Å². The molecule has 3 N–H and O–H groups in total. The van der Waals surface area contributed by atoms with Gasteiger partial charge in [0.25, 0.3) is 0 Å². The fourth-order valence-corrected chi connectivity index (χ4v) is 2.44. The van der Waals surface area contributed by atoms with Crippen LogP contribution in [-0.2, 0) is 11.2 Å². The molecule has 1 fully saturated rings. The minimum atomic E-state index is 0.0989. The molecule has 19 heavy (non-hydrogen) atoms. The van der Waals surface area contributed by atoms with E-state index in [1.807, 2.05) is 24.3 Å². The van der Waals surface area contributed by atoms with Crippen molar-refractivity contribution in [3.05, 3.63) is 29.8 Å². The molecule has 0 spiro atoms. The maximum absolute atomic E-state index is 11.9. The molecule has 1 aliphatic rings. The molecular formula is C15H22N2O2. The Morgan fingerprint density at radius 3 is 2.58 bits per heavy atom. The average molecular weight is 262 g/mol. The summed E-state index contributed by atoms with van der Waals surface area (Å²) in [6.07, 6.45) is 3.44. The number of anilines is 1. The van der Waals surface area contributed by atoms with Gasteiger partial charge in [-0.1, -0.05) is 12.1 Å². The smallest absolute Gasteiger partial charge is 0.224 e. The summed E-state index contributed by atoms with van der Waals surface area (Å²) in [7, 11) is 0. The van der Waals surface area contributed by atoms with Crippen LogP contribution in [0.5, 0.6) is 0 Å². The van der Waals surface area contributed by atoms with Crippen LogP contribution in [0.3, 0.4) is 0 Å². The Hall–Kier alpha value is -1.39. The summed E-state index contributed by atoms with van der Waals surface area (Å²) in [6, 6.07) is 7.67. The molecule has 1 aromatic carbocycles. The molecule has 1 heterocycles. The lowest BCUT2D eigenvalue weighted by Crippen LogP contribution is -2.30. The summed E-state index contributed by atoms with van der Waals surface area (Å²) >= 11 is 0. The minimum Gasteiger partial charge on any atom is -0.396 e. The third kappa shape index (κ3) is 4.65. The van der Waals surface area contributed by atoms with Crippen molar-refractivity contribution in [2.45, 2.75) is 25.7 Å². The summed E-state index contributed by atoms with van der Waals surface area (Å²) in [6.45, 7) is 2.20. The Balaban J connectivity index is 1.80. The van der Waals surface area contributed by atoms with Crippen LogP contribution in [0.15, 0.2) is 24.3 Å². The summed E-state index contributed by atoms with van der Waals surface area (Å²) in [5, 5.41) is 15.1. The first-order valence-corrected chi connectivity index (χ1v) is 6.98. The Morgan fingerprint density at radius 2 is 1.95 bits per heavy atom. The van der Waals surface area contributed by atoms with E-state index in [1.54, 1.807) is 0 Å². The third-order valence-corrected chi connectivity index (χ3v) is 3.57. The minimum absolute atomic E-state index is 0.0989. The van der Waals surface area contributed by atoms with Gasteiger partial charge in [-0.25, -0.2) is 0 Å². The van der Waals surface area contributed by atoms with E-state index in [1.165, 1.54) is 0 Å². The number of carbonyl (C=O) groups excluding carboxylic acids is 1. The van der Waals surface area contributed by atoms with Gasteiger partial charge in [-0.2, -0.15) is 0 Å². The van der Waals surface area contributed by atoms with Gasteiger partial charge in [0.1, 0.15) is 0 Å². The number of aliphatic hydroxyl groups excluding tert-OH is 1. The zero-order valence-electron chi connectivity index (χ0n) is 11.2. The van der Waals surface area contributed by atoms with E-state index in [9.17, 15) is 4.79 Å². The highest BCUT2D eigenvalue weighted by molar-refractivity contribution is 5.90. The number of amides is 1. The molecule has 0 aliphatic carbocycles. The summed E-state index contributed by atoms with van der Waals surface area (Å²) in [5.41, 5.74) is 1.92. The molecule has 4 heteroatoms. The summed E-state index contributed by atoms with van der Waals surface area (Å²) in [5.74, 6) is 0.608. The van der Waals surface area contributed by atoms with Crippen molar-refractivity contribution in [3.8, 4) is 0 Å². The second-order valence-electron chi connectivity index (χ2n) is 5.12. The molecule has 4 nitrogen and oxygen atoms in total. The molecule has 2 rings (SSSR count). The standard InChI is InChI=1S/C15H22N2O2/c18-10-7-12-1-3-14(4-2-12)17-15(19)11-13-5-8-16-9-6-13/h1-4,13,16,18H,5-11H2,(H,17,19). The quantitative estimate of drug-likeness (QED) is 0.754. The number of hydrogen-bond acceptors (Lipinski definition) is 3. The normalized spacial score (nSPS) is 16.3. The van der Waals surface area contributed by atoms with Gasteiger partial charge in [-0.15, -0.1) is 0 Å². The van der Waals surface area contributed by atoms with Gasteiger partial charge in [0.2, 0.25) is 5.91 Å². The Kier molecular flexibility index (Phi) is 5.36. The second kappa shape index (κ2) is 7.26. The largest absolute Gasteiger partial charge is 0.396 e. The molecule has 1 amide bonds. The molecule has 104 valence electrons. The predicted molar refractivity (Wildman–Crippen MR) is 76.1 cm³/mol. The van der Waals surface area contributed by atoms with Gasteiger partial charge in [0, 0.05) is 18.7 Å². The van der Waals surface area contributed by atoms with Gasteiger partial charge in [-0.3, -0.25) is 4.79 Å². The van der Waals surface area contributed by atoms with Gasteiger partial charge in [0.15, 0.2) is 0 Å². The fourth-order valence-electron chi connectivity index (χ4n) is 2.44. The van der Waals surface area contributed by atoms with Crippen molar-refractivity contribution >= 4 is 11.6 Å². The van der Waals surface area contributed by atoms with Crippen molar-refractivity contribution in [3.63, 3.8) is 0 Å². The van der Waals surface area contributed by atoms with Crippen molar-refractivity contribution in [1.29, 1.82) is 0 Å². The van der Waals surface area contributed by atoms with Crippen LogP contribution >= 0.6 is 0 Å². The third-order valence-electron chi connectivity index (χ3n) is 3.57. The molecule has 0 atom stereocenters. The lowest BCUT2D eigenvalue weighted by atomic mass is 9.94. The summed E-state index contributed by atoms with van der Waals surface area (Å²) in [4.78, 5) is 11.9. The van der Waals surface area contributed by atoms with E-state index in [2.05, 4.69) is 10.6 Å². The van der Waals surface area contributed by atoms with Crippen molar-refractivity contribution in [1.82, 2.24) is 5.32 Å². The van der Waals surface area contributed by atoms with Gasteiger partial charge >= 0.3 is 0 Å². The van der Waals surface area contributed by atoms with Crippen molar-refractivity contribution in [2.24, 2.45) is 5.92 Å². The number of benzene rings is 1. The number of nitrogens with one attached hydrogen (secondary N) is 2. The number of hydrogen-bond donors (Lipinski definition) is 3. The Morgan fingerprint density at radius 1 is 1.26 bits per heavy atom. The molecule has 0 saturated carbocycles. The van der Waals surface area contributed by atoms with Crippen LogP contribution < -0.4 is 10.6 Å². The van der Waals surface area contributed by atoms with Crippen LogP contribution in [0.1, 0.15) is 24.8 Å². The van der Waals surface area contributed by atoms with E-state index in [4.69, 9.17) is 5.11 Å². The highest BCUT2D eigenvalue weighted by Gasteiger charge is 2.16. The van der Waals surface area contributed by atoms with E-state index >= 15 is 0 Å². The van der Waals surface area contributed by atoms with Crippen molar-refractivity contribution in [2.75, 3.05) is 25.0 Å². The Labute approximate surface area is 114 Å². The van der Waals surface area contributed by atoms with Crippen LogP contribution in [0.25, 0.3) is 0 Å². The predicted octanol–water partition coefficient (Wildman–Crippen LogP) is 1.55. The lowest BCUT2D eigenvalue weighted by molar-refractivity contribution is -0.117.